The second-order valence-electron chi connectivity index (χ2n) is 15.2. The first-order valence-electron chi connectivity index (χ1n) is 21.3. The van der Waals surface area contributed by atoms with Gasteiger partial charge in [-0.15, -0.1) is 13.2 Å². The van der Waals surface area contributed by atoms with Crippen LogP contribution in [0.3, 0.4) is 0 Å². The molecule has 0 bridgehead atoms. The molecule has 2 aromatic rings. The van der Waals surface area contributed by atoms with E-state index in [2.05, 4.69) is 24.6 Å². The zero-order chi connectivity index (χ0) is 42.7. The average molecular weight is 834 g/mol. The molecule has 3 aliphatic rings. The fourth-order valence-corrected chi connectivity index (χ4v) is 8.77. The number of carbonyl (C=O) groups is 2. The number of fused-ring (bicyclic) bond motifs is 2. The van der Waals surface area contributed by atoms with Crippen LogP contribution in [0, 0.1) is 17.8 Å². The third kappa shape index (κ3) is 11.5. The lowest BCUT2D eigenvalue weighted by Gasteiger charge is -2.59. The lowest BCUT2D eigenvalue weighted by atomic mass is 9.55. The Balaban J connectivity index is 1.76. The Morgan fingerprint density at radius 3 is 2.48 bits per heavy atom. The first-order chi connectivity index (χ1) is 29.3. The summed E-state index contributed by atoms with van der Waals surface area (Å²) in [6.45, 7) is 10.5. The van der Waals surface area contributed by atoms with E-state index in [-0.39, 0.29) is 83.6 Å². The van der Waals surface area contributed by atoms with Crippen LogP contribution in [0.15, 0.2) is 90.6 Å². The SMILES string of the molecule is C=CCCOC(=O)N(CCOCCO)[C@H]1CC(=NOCc2ccccc2)C2=C[C@H](CCCCO)[C@@H](CCCCO)[C@@H]3c4cc(OC(=O)NCC)ccc4O[C@@]1(OCC=C)[C@H]23. The van der Waals surface area contributed by atoms with Crippen molar-refractivity contribution in [2.24, 2.45) is 22.9 Å². The van der Waals surface area contributed by atoms with Gasteiger partial charge < -0.3 is 49.2 Å². The highest BCUT2D eigenvalue weighted by molar-refractivity contribution is 6.03. The molecule has 1 saturated carbocycles. The van der Waals surface area contributed by atoms with Crippen LogP contribution in [0.5, 0.6) is 11.5 Å². The van der Waals surface area contributed by atoms with Crippen molar-refractivity contribution < 1.29 is 53.4 Å². The summed E-state index contributed by atoms with van der Waals surface area (Å²) in [5.74, 6) is -1.63. The van der Waals surface area contributed by atoms with E-state index in [0.717, 1.165) is 42.4 Å². The summed E-state index contributed by atoms with van der Waals surface area (Å²) in [7, 11) is 0. The molecule has 1 fully saturated rings. The lowest BCUT2D eigenvalue weighted by Crippen LogP contribution is -2.70. The number of unbranched alkanes of at least 4 members (excludes halogenated alkanes) is 2. The summed E-state index contributed by atoms with van der Waals surface area (Å²) in [6.07, 6.45) is 9.26. The van der Waals surface area contributed by atoms with Gasteiger partial charge in [0.2, 0.25) is 5.79 Å². The van der Waals surface area contributed by atoms with Gasteiger partial charge in [0, 0.05) is 44.2 Å². The lowest BCUT2D eigenvalue weighted by molar-refractivity contribution is -0.256. The van der Waals surface area contributed by atoms with Gasteiger partial charge in [-0.3, -0.25) is 4.90 Å². The number of allylic oxidation sites excluding steroid dienone is 1. The van der Waals surface area contributed by atoms with E-state index < -0.39 is 29.9 Å². The molecule has 0 saturated heterocycles. The molecule has 1 heterocycles. The van der Waals surface area contributed by atoms with Crippen molar-refractivity contribution in [1.29, 1.82) is 0 Å². The standard InChI is InChI=1S/C46H63N3O11/c1-4-7-26-56-45(54)49(21-27-55-28-24-52)41-31-39(48-58-32-33-15-9-8-10-16-33)37-29-34(17-11-13-22-50)36(18-12-14-23-51)42-38-30-35(59-44(53)47-6-3)19-20-40(38)60-46(41,43(37)42)57-25-5-2/h4-5,8-10,15-16,19-20,29-30,34,36,41-43,50-52H,1-2,6-7,11-14,17-18,21-28,31-32H2,3H3,(H,47,53)/t34-,36+,41-,42+,43+,46+/m0/s1. The van der Waals surface area contributed by atoms with Gasteiger partial charge in [0.05, 0.1) is 44.7 Å². The van der Waals surface area contributed by atoms with Crippen LogP contribution in [0.2, 0.25) is 0 Å². The van der Waals surface area contributed by atoms with Crippen molar-refractivity contribution >= 4 is 17.9 Å². The summed E-state index contributed by atoms with van der Waals surface area (Å²) in [4.78, 5) is 34.8. The van der Waals surface area contributed by atoms with Crippen molar-refractivity contribution in [2.45, 2.75) is 82.6 Å². The van der Waals surface area contributed by atoms with E-state index in [1.54, 1.807) is 29.2 Å². The number of nitrogens with zero attached hydrogens (tertiary/aromatic N) is 2. The smallest absolute Gasteiger partial charge is 0.412 e. The minimum Gasteiger partial charge on any atom is -0.459 e. The van der Waals surface area contributed by atoms with Gasteiger partial charge >= 0.3 is 12.2 Å². The van der Waals surface area contributed by atoms with E-state index in [0.29, 0.717) is 43.0 Å². The minimum absolute atomic E-state index is 0.00485. The number of hydrogen-bond donors (Lipinski definition) is 4. The number of hydrogen-bond acceptors (Lipinski definition) is 12. The van der Waals surface area contributed by atoms with Crippen LogP contribution in [-0.2, 0) is 25.7 Å². The van der Waals surface area contributed by atoms with Gasteiger partial charge in [-0.2, -0.15) is 0 Å². The fourth-order valence-electron chi connectivity index (χ4n) is 8.77. The Kier molecular flexibility index (Phi) is 18.5. The quantitative estimate of drug-likeness (QED) is 0.0479. The van der Waals surface area contributed by atoms with E-state index in [9.17, 15) is 24.9 Å². The number of nitrogens with one attached hydrogen (secondary N) is 1. The van der Waals surface area contributed by atoms with Crippen LogP contribution in [0.1, 0.15) is 75.3 Å². The zero-order valence-corrected chi connectivity index (χ0v) is 34.9. The molecule has 0 unspecified atom stereocenters. The van der Waals surface area contributed by atoms with Gasteiger partial charge in [0.1, 0.15) is 24.1 Å². The number of aliphatic hydroxyl groups excluding tert-OH is 3. The van der Waals surface area contributed by atoms with Crippen molar-refractivity contribution in [3.63, 3.8) is 0 Å². The molecule has 0 spiro atoms. The maximum Gasteiger partial charge on any atom is 0.412 e. The van der Waals surface area contributed by atoms with Crippen molar-refractivity contribution in [2.75, 3.05) is 59.3 Å². The van der Waals surface area contributed by atoms with E-state index in [4.69, 9.17) is 33.7 Å². The highest BCUT2D eigenvalue weighted by Crippen LogP contribution is 2.62. The molecular formula is C46H63N3O11. The Hall–Kier alpha value is -4.73. The Morgan fingerprint density at radius 1 is 0.983 bits per heavy atom. The van der Waals surface area contributed by atoms with E-state index in [1.165, 1.54) is 0 Å². The van der Waals surface area contributed by atoms with Crippen molar-refractivity contribution in [3.8, 4) is 11.5 Å². The molecule has 0 radical (unpaired) electrons. The fraction of sp³-hybridized carbons (Fsp3) is 0.543. The average Bonchev–Trinajstić information content (AvgIpc) is 3.25. The number of ether oxygens (including phenoxy) is 5. The Labute approximate surface area is 353 Å². The van der Waals surface area contributed by atoms with Crippen LogP contribution in [0.4, 0.5) is 9.59 Å². The molecule has 14 heteroatoms. The monoisotopic (exact) mass is 833 g/mol. The summed E-state index contributed by atoms with van der Waals surface area (Å²) in [5.41, 5.74) is 3.22. The maximum atomic E-state index is 14.4. The molecular weight excluding hydrogens is 771 g/mol. The topological polar surface area (TPSA) is 178 Å². The van der Waals surface area contributed by atoms with Crippen molar-refractivity contribution in [3.05, 3.63) is 96.6 Å². The Bertz CT molecular complexity index is 1750. The van der Waals surface area contributed by atoms with Gasteiger partial charge in [-0.25, -0.2) is 9.59 Å². The maximum absolute atomic E-state index is 14.4. The first-order valence-corrected chi connectivity index (χ1v) is 21.3. The predicted molar refractivity (Wildman–Crippen MR) is 227 cm³/mol. The largest absolute Gasteiger partial charge is 0.459 e. The van der Waals surface area contributed by atoms with Gasteiger partial charge in [0.25, 0.3) is 0 Å². The summed E-state index contributed by atoms with van der Waals surface area (Å²) < 4.78 is 31.5. The minimum atomic E-state index is -1.53. The Morgan fingerprint density at radius 2 is 1.77 bits per heavy atom. The molecule has 328 valence electrons. The zero-order valence-electron chi connectivity index (χ0n) is 34.9. The number of carbonyl (C=O) groups excluding carboxylic acids is 2. The molecule has 2 aromatic carbocycles. The predicted octanol–water partition coefficient (Wildman–Crippen LogP) is 6.65. The third-order valence-electron chi connectivity index (χ3n) is 11.3. The second-order valence-corrected chi connectivity index (χ2v) is 15.2. The van der Waals surface area contributed by atoms with Gasteiger partial charge in [-0.05, 0) is 80.2 Å². The molecule has 2 aliphatic carbocycles. The molecule has 14 nitrogen and oxygen atoms in total. The van der Waals surface area contributed by atoms with Crippen LogP contribution in [-0.4, -0.2) is 109 Å². The number of oxime groups is 1. The van der Waals surface area contributed by atoms with Crippen LogP contribution in [0.25, 0.3) is 0 Å². The molecule has 4 N–H and O–H groups in total. The number of amides is 2. The third-order valence-corrected chi connectivity index (χ3v) is 11.3. The number of benzene rings is 2. The normalized spacial score (nSPS) is 23.3. The van der Waals surface area contributed by atoms with Crippen LogP contribution >= 0.6 is 0 Å². The van der Waals surface area contributed by atoms with Crippen molar-refractivity contribution in [1.82, 2.24) is 10.2 Å². The summed E-state index contributed by atoms with van der Waals surface area (Å²) in [5, 5.41) is 36.8. The summed E-state index contributed by atoms with van der Waals surface area (Å²) in [6, 6.07) is 14.2. The van der Waals surface area contributed by atoms with Gasteiger partial charge in [0.15, 0.2) is 0 Å². The highest BCUT2D eigenvalue weighted by atomic mass is 16.7. The van der Waals surface area contributed by atoms with Crippen LogP contribution < -0.4 is 14.8 Å². The molecule has 2 amide bonds. The summed E-state index contributed by atoms with van der Waals surface area (Å²) >= 11 is 0. The first kappa shape index (κ1) is 46.3. The molecule has 1 aliphatic heterocycles. The van der Waals surface area contributed by atoms with Gasteiger partial charge in [-0.1, -0.05) is 66.6 Å². The molecule has 6 atom stereocenters. The molecule has 60 heavy (non-hydrogen) atoms. The number of rotatable bonds is 25. The molecule has 0 aromatic heterocycles. The van der Waals surface area contributed by atoms with E-state index >= 15 is 0 Å². The van der Waals surface area contributed by atoms with E-state index in [1.807, 2.05) is 43.3 Å². The number of aliphatic hydroxyl groups is 3. The molecule has 5 rings (SSSR count). The second kappa shape index (κ2) is 23.9. The highest BCUT2D eigenvalue weighted by Gasteiger charge is 2.65.